The van der Waals surface area contributed by atoms with Crippen molar-refractivity contribution in [3.05, 3.63) is 17.8 Å². The minimum Gasteiger partial charge on any atom is -0.465 e. The van der Waals surface area contributed by atoms with Gasteiger partial charge in [-0.1, -0.05) is 0 Å². The van der Waals surface area contributed by atoms with E-state index in [1.165, 1.54) is 19.4 Å². The number of hydrogen-bond acceptors (Lipinski definition) is 6. The number of ether oxygens (including phenoxy) is 1. The van der Waals surface area contributed by atoms with Crippen molar-refractivity contribution in [1.29, 1.82) is 0 Å². The molecule has 0 saturated carbocycles. The van der Waals surface area contributed by atoms with Gasteiger partial charge in [0.15, 0.2) is 0 Å². The lowest BCUT2D eigenvalue weighted by atomic mass is 10.1. The van der Waals surface area contributed by atoms with Gasteiger partial charge in [0, 0.05) is 0 Å². The summed E-state index contributed by atoms with van der Waals surface area (Å²) in [6.07, 6.45) is 1.31. The molecular weight excluding hydrogens is 236 g/mol. The number of carbonyl (C=O) groups is 2. The highest BCUT2D eigenvalue weighted by Crippen LogP contribution is 2.18. The average molecular weight is 252 g/mol. The summed E-state index contributed by atoms with van der Waals surface area (Å²) in [5.41, 5.74) is 10.2. The van der Waals surface area contributed by atoms with Crippen LogP contribution in [0.5, 0.6) is 0 Å². The van der Waals surface area contributed by atoms with Crippen molar-refractivity contribution in [3.63, 3.8) is 0 Å². The molecule has 1 aromatic heterocycles. The van der Waals surface area contributed by atoms with Crippen LogP contribution in [0.3, 0.4) is 0 Å². The highest BCUT2D eigenvalue weighted by molar-refractivity contribution is 5.96. The Kier molecular flexibility index (Phi) is 3.75. The number of amides is 1. The maximum absolute atomic E-state index is 11.4. The monoisotopic (exact) mass is 252 g/mol. The second kappa shape index (κ2) is 4.91. The molecule has 0 fully saturated rings. The van der Waals surface area contributed by atoms with E-state index in [2.05, 4.69) is 15.0 Å². The van der Waals surface area contributed by atoms with Crippen LogP contribution in [0.25, 0.3) is 0 Å². The van der Waals surface area contributed by atoms with E-state index in [4.69, 9.17) is 11.5 Å². The quantitative estimate of drug-likeness (QED) is 0.655. The minimum atomic E-state index is -0.990. The number of pyridine rings is 1. The summed E-state index contributed by atoms with van der Waals surface area (Å²) in [7, 11) is 1.25. The lowest BCUT2D eigenvalue weighted by molar-refractivity contribution is -0.121. The highest BCUT2D eigenvalue weighted by atomic mass is 16.5. The number of nitrogens with zero attached hydrogens (tertiary/aromatic N) is 1. The number of carbonyl (C=O) groups excluding carboxylic acids is 2. The third-order valence-corrected chi connectivity index (χ3v) is 2.40. The highest BCUT2D eigenvalue weighted by Gasteiger charge is 2.25. The van der Waals surface area contributed by atoms with Gasteiger partial charge in [-0.05, 0) is 19.9 Å². The fraction of sp³-hybridized carbons (Fsp3) is 0.364. The maximum atomic E-state index is 11.4. The van der Waals surface area contributed by atoms with Gasteiger partial charge in [-0.25, -0.2) is 9.78 Å². The summed E-state index contributed by atoms with van der Waals surface area (Å²) >= 11 is 0. The van der Waals surface area contributed by atoms with Crippen LogP contribution < -0.4 is 16.8 Å². The summed E-state index contributed by atoms with van der Waals surface area (Å²) in [5.74, 6) is -0.802. The van der Waals surface area contributed by atoms with E-state index in [9.17, 15) is 9.59 Å². The molecule has 1 heterocycles. The van der Waals surface area contributed by atoms with Crippen LogP contribution in [0, 0.1) is 0 Å². The Labute approximate surface area is 105 Å². The van der Waals surface area contributed by atoms with Crippen molar-refractivity contribution >= 4 is 23.4 Å². The molecule has 0 bridgehead atoms. The molecule has 1 rings (SSSR count). The first-order valence-electron chi connectivity index (χ1n) is 5.20. The Balaban J connectivity index is 3.06. The largest absolute Gasteiger partial charge is 0.465 e. The second-order valence-electron chi connectivity index (χ2n) is 4.26. The Morgan fingerprint density at radius 2 is 2.06 bits per heavy atom. The molecule has 0 aliphatic carbocycles. The van der Waals surface area contributed by atoms with Crippen LogP contribution in [0.2, 0.25) is 0 Å². The van der Waals surface area contributed by atoms with E-state index in [-0.39, 0.29) is 11.3 Å². The predicted molar refractivity (Wildman–Crippen MR) is 66.9 cm³/mol. The summed E-state index contributed by atoms with van der Waals surface area (Å²) in [4.78, 5) is 26.6. The Hall–Kier alpha value is -2.31. The number of nitrogens with two attached hydrogens (primary N) is 2. The number of primary amides is 1. The Morgan fingerprint density at radius 3 is 2.56 bits per heavy atom. The lowest BCUT2D eigenvalue weighted by Crippen LogP contribution is -2.45. The van der Waals surface area contributed by atoms with Crippen LogP contribution >= 0.6 is 0 Å². The van der Waals surface area contributed by atoms with Gasteiger partial charge < -0.3 is 21.5 Å². The zero-order chi connectivity index (χ0) is 13.9. The fourth-order valence-electron chi connectivity index (χ4n) is 1.20. The molecule has 0 spiro atoms. The molecule has 1 amide bonds. The molecule has 5 N–H and O–H groups in total. The van der Waals surface area contributed by atoms with Gasteiger partial charge in [-0.2, -0.15) is 0 Å². The van der Waals surface area contributed by atoms with Crippen LogP contribution in [0.15, 0.2) is 12.3 Å². The molecule has 0 saturated heterocycles. The smallest absolute Gasteiger partial charge is 0.340 e. The lowest BCUT2D eigenvalue weighted by Gasteiger charge is -2.23. The van der Waals surface area contributed by atoms with Crippen molar-refractivity contribution < 1.29 is 14.3 Å². The number of nitrogens with one attached hydrogen (secondary N) is 1. The molecule has 0 aliphatic rings. The Morgan fingerprint density at radius 1 is 1.44 bits per heavy atom. The van der Waals surface area contributed by atoms with Crippen LogP contribution in [-0.2, 0) is 9.53 Å². The van der Waals surface area contributed by atoms with Gasteiger partial charge in [0.25, 0.3) is 0 Å². The summed E-state index contributed by atoms with van der Waals surface area (Å²) in [6.45, 7) is 3.20. The molecule has 7 nitrogen and oxygen atoms in total. The zero-order valence-corrected chi connectivity index (χ0v) is 10.5. The first-order valence-corrected chi connectivity index (χ1v) is 5.20. The van der Waals surface area contributed by atoms with Crippen LogP contribution in [0.4, 0.5) is 11.5 Å². The van der Waals surface area contributed by atoms with Gasteiger partial charge in [-0.3, -0.25) is 4.79 Å². The number of methoxy groups -OCH3 is 1. The van der Waals surface area contributed by atoms with Gasteiger partial charge in [-0.15, -0.1) is 0 Å². The van der Waals surface area contributed by atoms with Crippen LogP contribution in [-0.4, -0.2) is 29.5 Å². The van der Waals surface area contributed by atoms with E-state index in [1.807, 2.05) is 0 Å². The van der Waals surface area contributed by atoms with E-state index < -0.39 is 17.4 Å². The summed E-state index contributed by atoms with van der Waals surface area (Å²) < 4.78 is 4.58. The zero-order valence-electron chi connectivity index (χ0n) is 10.5. The molecule has 7 heteroatoms. The molecule has 0 aliphatic heterocycles. The van der Waals surface area contributed by atoms with Gasteiger partial charge in [0.1, 0.15) is 11.4 Å². The number of aromatic nitrogens is 1. The van der Waals surface area contributed by atoms with Crippen molar-refractivity contribution in [2.75, 3.05) is 18.2 Å². The van der Waals surface area contributed by atoms with E-state index in [0.717, 1.165) is 0 Å². The average Bonchev–Trinajstić information content (AvgIpc) is 2.30. The molecule has 0 unspecified atom stereocenters. The first-order chi connectivity index (χ1) is 8.27. The Bertz CT molecular complexity index is 485. The van der Waals surface area contributed by atoms with Crippen molar-refractivity contribution in [1.82, 2.24) is 4.98 Å². The van der Waals surface area contributed by atoms with Gasteiger partial charge >= 0.3 is 5.97 Å². The number of esters is 1. The second-order valence-corrected chi connectivity index (χ2v) is 4.26. The molecule has 18 heavy (non-hydrogen) atoms. The van der Waals surface area contributed by atoms with E-state index >= 15 is 0 Å². The summed E-state index contributed by atoms with van der Waals surface area (Å²) in [6, 6.07) is 1.41. The van der Waals surface area contributed by atoms with Crippen molar-refractivity contribution in [3.8, 4) is 0 Å². The third kappa shape index (κ3) is 2.88. The number of hydrogen-bond donors (Lipinski definition) is 3. The van der Waals surface area contributed by atoms with Crippen molar-refractivity contribution in [2.45, 2.75) is 19.4 Å². The standard InChI is InChI=1S/C11H16N4O3/c1-11(2,10(13)17)15-8-4-6(9(16)18-3)7(12)5-14-8/h4-5H,12H2,1-3H3,(H2,13,17)(H,14,15). The molecule has 1 aromatic rings. The van der Waals surface area contributed by atoms with Crippen molar-refractivity contribution in [2.24, 2.45) is 5.73 Å². The molecule has 98 valence electrons. The third-order valence-electron chi connectivity index (χ3n) is 2.40. The minimum absolute atomic E-state index is 0.176. The van der Waals surface area contributed by atoms with Crippen LogP contribution in [0.1, 0.15) is 24.2 Å². The van der Waals surface area contributed by atoms with Gasteiger partial charge in [0.05, 0.1) is 24.6 Å². The van der Waals surface area contributed by atoms with E-state index in [0.29, 0.717) is 5.82 Å². The SMILES string of the molecule is COC(=O)c1cc(NC(C)(C)C(N)=O)ncc1N. The molecule has 0 aromatic carbocycles. The van der Waals surface area contributed by atoms with Gasteiger partial charge in [0.2, 0.25) is 5.91 Å². The number of rotatable bonds is 4. The van der Waals surface area contributed by atoms with E-state index in [1.54, 1.807) is 13.8 Å². The predicted octanol–water partition coefficient (Wildman–Crippen LogP) is 0.126. The maximum Gasteiger partial charge on any atom is 0.340 e. The number of anilines is 2. The molecular formula is C11H16N4O3. The first kappa shape index (κ1) is 13.8. The number of nitrogen functional groups attached to an aromatic ring is 1. The summed E-state index contributed by atoms with van der Waals surface area (Å²) in [5, 5.41) is 2.82. The topological polar surface area (TPSA) is 120 Å². The molecule has 0 radical (unpaired) electrons. The molecule has 0 atom stereocenters. The normalized spacial score (nSPS) is 10.8. The fourth-order valence-corrected chi connectivity index (χ4v) is 1.20.